The monoisotopic (exact) mass is 303 g/mol. The molecule has 0 bridgehead atoms. The van der Waals surface area contributed by atoms with Crippen LogP contribution in [0.1, 0.15) is 0 Å². The molecule has 0 saturated carbocycles. The molecule has 0 aliphatic carbocycles. The van der Waals surface area contributed by atoms with E-state index in [0.717, 1.165) is 31.2 Å². The summed E-state index contributed by atoms with van der Waals surface area (Å²) in [6.07, 6.45) is 2.32. The third-order valence-electron chi connectivity index (χ3n) is 3.59. The first-order valence-electron chi connectivity index (χ1n) is 6.85. The second-order valence-corrected chi connectivity index (χ2v) is 4.95. The van der Waals surface area contributed by atoms with Crippen molar-refractivity contribution in [3.8, 4) is 0 Å². The maximum Gasteiger partial charge on any atom is 0.269 e. The van der Waals surface area contributed by atoms with Gasteiger partial charge in [0.2, 0.25) is 5.95 Å². The summed E-state index contributed by atoms with van der Waals surface area (Å²) in [5.74, 6) is 0.0676. The molecule has 114 valence electrons. The van der Waals surface area contributed by atoms with Crippen molar-refractivity contribution in [3.63, 3.8) is 0 Å². The first-order valence-corrected chi connectivity index (χ1v) is 6.85. The van der Waals surface area contributed by atoms with Crippen LogP contribution in [0.2, 0.25) is 0 Å². The molecule has 2 heterocycles. The summed E-state index contributed by atoms with van der Waals surface area (Å²) in [7, 11) is 0. The van der Waals surface area contributed by atoms with Crippen LogP contribution in [0, 0.1) is 15.9 Å². The molecule has 0 radical (unpaired) electrons. The van der Waals surface area contributed by atoms with Gasteiger partial charge < -0.3 is 9.80 Å². The highest BCUT2D eigenvalue weighted by Gasteiger charge is 2.19. The standard InChI is InChI=1S/C14H14FN5O2/c15-11-9-16-14(17-10-11)19-7-5-18(6-8-19)12-1-3-13(4-2-12)20(21)22/h1-4,9-10H,5-8H2. The van der Waals surface area contributed by atoms with Crippen molar-refractivity contribution < 1.29 is 9.31 Å². The van der Waals surface area contributed by atoms with Crippen molar-refractivity contribution in [2.45, 2.75) is 0 Å². The molecule has 1 aromatic heterocycles. The van der Waals surface area contributed by atoms with Gasteiger partial charge in [-0.2, -0.15) is 0 Å². The fourth-order valence-corrected chi connectivity index (χ4v) is 2.42. The number of nitro benzene ring substituents is 1. The van der Waals surface area contributed by atoms with Crippen LogP contribution in [0.25, 0.3) is 0 Å². The molecule has 0 N–H and O–H groups in total. The minimum atomic E-state index is -0.451. The number of piperazine rings is 1. The predicted octanol–water partition coefficient (Wildman–Crippen LogP) is 1.85. The van der Waals surface area contributed by atoms with Gasteiger partial charge in [-0.3, -0.25) is 10.1 Å². The highest BCUT2D eigenvalue weighted by atomic mass is 19.1. The van der Waals surface area contributed by atoms with Crippen LogP contribution >= 0.6 is 0 Å². The average Bonchev–Trinajstić information content (AvgIpc) is 2.56. The van der Waals surface area contributed by atoms with E-state index in [4.69, 9.17) is 0 Å². The number of nitro groups is 1. The van der Waals surface area contributed by atoms with Crippen LogP contribution in [0.3, 0.4) is 0 Å². The number of hydrogen-bond donors (Lipinski definition) is 0. The second kappa shape index (κ2) is 5.92. The van der Waals surface area contributed by atoms with Crippen molar-refractivity contribution in [2.75, 3.05) is 36.0 Å². The van der Waals surface area contributed by atoms with Gasteiger partial charge in [-0.15, -0.1) is 0 Å². The number of hydrogen-bond acceptors (Lipinski definition) is 6. The van der Waals surface area contributed by atoms with Crippen molar-refractivity contribution in [1.29, 1.82) is 0 Å². The zero-order chi connectivity index (χ0) is 15.5. The molecule has 8 heteroatoms. The molecular weight excluding hydrogens is 289 g/mol. The molecule has 0 spiro atoms. The number of benzene rings is 1. The maximum atomic E-state index is 12.8. The second-order valence-electron chi connectivity index (χ2n) is 4.95. The minimum absolute atomic E-state index is 0.0853. The molecular formula is C14H14FN5O2. The number of aromatic nitrogens is 2. The van der Waals surface area contributed by atoms with Crippen LogP contribution in [-0.2, 0) is 0 Å². The Bertz CT molecular complexity index is 654. The fourth-order valence-electron chi connectivity index (χ4n) is 2.42. The first kappa shape index (κ1) is 14.2. The van der Waals surface area contributed by atoms with Gasteiger partial charge in [0.25, 0.3) is 5.69 Å². The van der Waals surface area contributed by atoms with E-state index in [1.165, 1.54) is 12.1 Å². The lowest BCUT2D eigenvalue weighted by atomic mass is 10.2. The zero-order valence-corrected chi connectivity index (χ0v) is 11.7. The normalized spacial score (nSPS) is 15.0. The van der Waals surface area contributed by atoms with Gasteiger partial charge in [0.15, 0.2) is 5.82 Å². The molecule has 3 rings (SSSR count). The Balaban J connectivity index is 1.63. The Labute approximate surface area is 126 Å². The highest BCUT2D eigenvalue weighted by Crippen LogP contribution is 2.21. The van der Waals surface area contributed by atoms with E-state index in [-0.39, 0.29) is 5.69 Å². The van der Waals surface area contributed by atoms with Gasteiger partial charge in [0.05, 0.1) is 17.3 Å². The van der Waals surface area contributed by atoms with Crippen LogP contribution in [0.4, 0.5) is 21.7 Å². The zero-order valence-electron chi connectivity index (χ0n) is 11.7. The molecule has 22 heavy (non-hydrogen) atoms. The molecule has 1 saturated heterocycles. The van der Waals surface area contributed by atoms with Gasteiger partial charge in [-0.05, 0) is 12.1 Å². The Kier molecular flexibility index (Phi) is 3.82. The molecule has 7 nitrogen and oxygen atoms in total. The number of anilines is 2. The van der Waals surface area contributed by atoms with Crippen LogP contribution < -0.4 is 9.80 Å². The average molecular weight is 303 g/mol. The van der Waals surface area contributed by atoms with Crippen LogP contribution in [0.5, 0.6) is 0 Å². The molecule has 1 aromatic carbocycles. The fraction of sp³-hybridized carbons (Fsp3) is 0.286. The predicted molar refractivity (Wildman–Crippen MR) is 79.5 cm³/mol. The third-order valence-corrected chi connectivity index (χ3v) is 3.59. The lowest BCUT2D eigenvalue weighted by Crippen LogP contribution is -2.47. The van der Waals surface area contributed by atoms with E-state index in [1.807, 2.05) is 4.90 Å². The summed E-state index contributed by atoms with van der Waals surface area (Å²) < 4.78 is 12.8. The number of nitrogens with zero attached hydrogens (tertiary/aromatic N) is 5. The van der Waals surface area contributed by atoms with E-state index >= 15 is 0 Å². The summed E-state index contributed by atoms with van der Waals surface area (Å²) in [4.78, 5) is 22.3. The molecule has 0 atom stereocenters. The van der Waals surface area contributed by atoms with Gasteiger partial charge in [0, 0.05) is 44.0 Å². The van der Waals surface area contributed by atoms with Crippen molar-refractivity contribution >= 4 is 17.3 Å². The highest BCUT2D eigenvalue weighted by molar-refractivity contribution is 5.52. The Morgan fingerprint density at radius 2 is 1.55 bits per heavy atom. The van der Waals surface area contributed by atoms with Gasteiger partial charge in [-0.1, -0.05) is 0 Å². The van der Waals surface area contributed by atoms with Crippen LogP contribution in [0.15, 0.2) is 36.7 Å². The summed E-state index contributed by atoms with van der Waals surface area (Å²) in [5.41, 5.74) is 1.03. The molecule has 0 unspecified atom stereocenters. The summed E-state index contributed by atoms with van der Waals surface area (Å²) in [5, 5.41) is 10.7. The minimum Gasteiger partial charge on any atom is -0.368 e. The molecule has 2 aromatic rings. The Hall–Kier alpha value is -2.77. The Morgan fingerprint density at radius 3 is 2.09 bits per heavy atom. The number of non-ortho nitro benzene ring substituents is 1. The topological polar surface area (TPSA) is 75.4 Å². The quantitative estimate of drug-likeness (QED) is 0.636. The molecule has 1 fully saturated rings. The first-order chi connectivity index (χ1) is 10.6. The van der Waals surface area contributed by atoms with E-state index in [0.29, 0.717) is 19.0 Å². The molecule has 1 aliphatic rings. The van der Waals surface area contributed by atoms with Crippen LogP contribution in [-0.4, -0.2) is 41.1 Å². The summed E-state index contributed by atoms with van der Waals surface area (Å²) in [6.45, 7) is 2.92. The smallest absolute Gasteiger partial charge is 0.269 e. The van der Waals surface area contributed by atoms with E-state index in [1.54, 1.807) is 12.1 Å². The number of rotatable bonds is 3. The van der Waals surface area contributed by atoms with E-state index in [2.05, 4.69) is 14.9 Å². The SMILES string of the molecule is O=[N+]([O-])c1ccc(N2CCN(c3ncc(F)cn3)CC2)cc1. The Morgan fingerprint density at radius 1 is 1.00 bits per heavy atom. The van der Waals surface area contributed by atoms with Crippen molar-refractivity contribution in [1.82, 2.24) is 9.97 Å². The van der Waals surface area contributed by atoms with E-state index in [9.17, 15) is 14.5 Å². The largest absolute Gasteiger partial charge is 0.368 e. The lowest BCUT2D eigenvalue weighted by molar-refractivity contribution is -0.384. The molecule has 1 aliphatic heterocycles. The van der Waals surface area contributed by atoms with Gasteiger partial charge in [0.1, 0.15) is 0 Å². The number of halogens is 1. The van der Waals surface area contributed by atoms with Gasteiger partial charge >= 0.3 is 0 Å². The molecule has 0 amide bonds. The lowest BCUT2D eigenvalue weighted by Gasteiger charge is -2.36. The summed E-state index contributed by atoms with van der Waals surface area (Å²) >= 11 is 0. The van der Waals surface area contributed by atoms with Crippen molar-refractivity contribution in [2.24, 2.45) is 0 Å². The van der Waals surface area contributed by atoms with E-state index < -0.39 is 10.7 Å². The van der Waals surface area contributed by atoms with Crippen molar-refractivity contribution in [3.05, 3.63) is 52.6 Å². The van der Waals surface area contributed by atoms with Gasteiger partial charge in [-0.25, -0.2) is 14.4 Å². The summed E-state index contributed by atoms with van der Waals surface area (Å²) in [6, 6.07) is 6.51. The third kappa shape index (κ3) is 2.95. The maximum absolute atomic E-state index is 12.8.